The van der Waals surface area contributed by atoms with Crippen LogP contribution in [0.5, 0.6) is 0 Å². The molecule has 2 amide bonds. The van der Waals surface area contributed by atoms with E-state index < -0.39 is 17.8 Å². The van der Waals surface area contributed by atoms with Crippen LogP contribution in [0.15, 0.2) is 22.7 Å². The minimum Gasteiger partial charge on any atom is -0.368 e. The molecule has 1 aliphatic heterocycles. The summed E-state index contributed by atoms with van der Waals surface area (Å²) in [6, 6.07) is 3.30. The lowest BCUT2D eigenvalue weighted by Crippen LogP contribution is -2.43. The monoisotopic (exact) mass is 314 g/mol. The molecule has 18 heavy (non-hydrogen) atoms. The van der Waals surface area contributed by atoms with Crippen LogP contribution in [0.25, 0.3) is 0 Å². The number of likely N-dealkylation sites (tertiary alicyclic amines) is 1. The Bertz CT molecular complexity index is 507. The van der Waals surface area contributed by atoms with Crippen LogP contribution in [-0.2, 0) is 4.79 Å². The molecule has 1 unspecified atom stereocenters. The number of nitrogens with two attached hydrogens (primary N) is 1. The minimum absolute atomic E-state index is 0.211. The SMILES string of the molecule is NC(=O)C1CCCN1C(=O)c1cc(F)ccc1Br. The number of nitrogens with zero attached hydrogens (tertiary/aromatic N) is 1. The molecule has 4 nitrogen and oxygen atoms in total. The number of rotatable bonds is 2. The van der Waals surface area contributed by atoms with Gasteiger partial charge in [-0.2, -0.15) is 0 Å². The Morgan fingerprint density at radius 2 is 2.17 bits per heavy atom. The summed E-state index contributed by atoms with van der Waals surface area (Å²) in [6.07, 6.45) is 1.29. The van der Waals surface area contributed by atoms with E-state index in [0.29, 0.717) is 17.4 Å². The Labute approximate surface area is 112 Å². The molecule has 0 saturated carbocycles. The Morgan fingerprint density at radius 3 is 2.83 bits per heavy atom. The molecule has 0 aliphatic carbocycles. The third-order valence-electron chi connectivity index (χ3n) is 3.00. The van der Waals surface area contributed by atoms with Crippen molar-refractivity contribution >= 4 is 27.7 Å². The van der Waals surface area contributed by atoms with Crippen molar-refractivity contribution in [2.24, 2.45) is 5.73 Å². The molecule has 0 bridgehead atoms. The van der Waals surface area contributed by atoms with Gasteiger partial charge in [0.05, 0.1) is 5.56 Å². The highest BCUT2D eigenvalue weighted by Crippen LogP contribution is 2.24. The second kappa shape index (κ2) is 5.06. The van der Waals surface area contributed by atoms with E-state index in [1.807, 2.05) is 0 Å². The van der Waals surface area contributed by atoms with Gasteiger partial charge in [-0.15, -0.1) is 0 Å². The van der Waals surface area contributed by atoms with Gasteiger partial charge in [-0.1, -0.05) is 0 Å². The van der Waals surface area contributed by atoms with Crippen molar-refractivity contribution in [2.75, 3.05) is 6.54 Å². The second-order valence-electron chi connectivity index (χ2n) is 4.18. The quantitative estimate of drug-likeness (QED) is 0.902. The summed E-state index contributed by atoms with van der Waals surface area (Å²) < 4.78 is 13.7. The first-order valence-electron chi connectivity index (χ1n) is 5.56. The van der Waals surface area contributed by atoms with E-state index in [1.54, 1.807) is 0 Å². The molecule has 0 spiro atoms. The van der Waals surface area contributed by atoms with Gasteiger partial charge < -0.3 is 10.6 Å². The number of carbonyl (C=O) groups is 2. The number of carbonyl (C=O) groups excluding carboxylic acids is 2. The van der Waals surface area contributed by atoms with Gasteiger partial charge in [-0.25, -0.2) is 4.39 Å². The van der Waals surface area contributed by atoms with Gasteiger partial charge in [0.1, 0.15) is 11.9 Å². The van der Waals surface area contributed by atoms with Crippen LogP contribution < -0.4 is 5.73 Å². The highest BCUT2D eigenvalue weighted by Gasteiger charge is 2.33. The summed E-state index contributed by atoms with van der Waals surface area (Å²) in [5.74, 6) is -1.38. The number of halogens is 2. The predicted molar refractivity (Wildman–Crippen MR) is 67.4 cm³/mol. The van der Waals surface area contributed by atoms with Crippen LogP contribution in [0.3, 0.4) is 0 Å². The van der Waals surface area contributed by atoms with Gasteiger partial charge >= 0.3 is 0 Å². The Morgan fingerprint density at radius 1 is 1.44 bits per heavy atom. The fourth-order valence-corrected chi connectivity index (χ4v) is 2.54. The number of hydrogen-bond donors (Lipinski definition) is 1. The summed E-state index contributed by atoms with van der Waals surface area (Å²) >= 11 is 3.20. The van der Waals surface area contributed by atoms with Gasteiger partial charge in [-0.3, -0.25) is 9.59 Å². The van der Waals surface area contributed by atoms with Crippen LogP contribution >= 0.6 is 15.9 Å². The first kappa shape index (κ1) is 13.0. The lowest BCUT2D eigenvalue weighted by molar-refractivity contribution is -0.121. The summed E-state index contributed by atoms with van der Waals surface area (Å²) in [5.41, 5.74) is 5.46. The second-order valence-corrected chi connectivity index (χ2v) is 5.04. The number of benzene rings is 1. The van der Waals surface area contributed by atoms with E-state index in [0.717, 1.165) is 12.5 Å². The molecule has 1 atom stereocenters. The van der Waals surface area contributed by atoms with Gasteiger partial charge in [-0.05, 0) is 47.0 Å². The Hall–Kier alpha value is -1.43. The summed E-state index contributed by atoms with van der Waals surface area (Å²) in [6.45, 7) is 0.468. The zero-order chi connectivity index (χ0) is 13.3. The zero-order valence-corrected chi connectivity index (χ0v) is 11.1. The molecule has 6 heteroatoms. The van der Waals surface area contributed by atoms with Crippen LogP contribution in [0, 0.1) is 5.82 Å². The van der Waals surface area contributed by atoms with Gasteiger partial charge in [0, 0.05) is 11.0 Å². The normalized spacial score (nSPS) is 19.0. The smallest absolute Gasteiger partial charge is 0.255 e. The third kappa shape index (κ3) is 2.38. The van der Waals surface area contributed by atoms with E-state index in [-0.39, 0.29) is 11.5 Å². The van der Waals surface area contributed by atoms with E-state index in [2.05, 4.69) is 15.9 Å². The molecule has 1 heterocycles. The van der Waals surface area contributed by atoms with Crippen LogP contribution in [0.2, 0.25) is 0 Å². The summed E-state index contributed by atoms with van der Waals surface area (Å²) in [5, 5.41) is 0. The third-order valence-corrected chi connectivity index (χ3v) is 3.69. The highest BCUT2D eigenvalue weighted by atomic mass is 79.9. The molecule has 1 fully saturated rings. The fraction of sp³-hybridized carbons (Fsp3) is 0.333. The van der Waals surface area contributed by atoms with Crippen molar-refractivity contribution in [2.45, 2.75) is 18.9 Å². The van der Waals surface area contributed by atoms with Crippen molar-refractivity contribution in [3.05, 3.63) is 34.1 Å². The van der Waals surface area contributed by atoms with Crippen LogP contribution in [0.4, 0.5) is 4.39 Å². The average Bonchev–Trinajstić information content (AvgIpc) is 2.80. The maximum Gasteiger partial charge on any atom is 0.255 e. The number of primary amides is 1. The van der Waals surface area contributed by atoms with Crippen molar-refractivity contribution in [3.8, 4) is 0 Å². The minimum atomic E-state index is -0.590. The number of hydrogen-bond acceptors (Lipinski definition) is 2. The lowest BCUT2D eigenvalue weighted by Gasteiger charge is -2.22. The highest BCUT2D eigenvalue weighted by molar-refractivity contribution is 9.10. The average molecular weight is 315 g/mol. The lowest BCUT2D eigenvalue weighted by atomic mass is 10.1. The van der Waals surface area contributed by atoms with Crippen molar-refractivity contribution < 1.29 is 14.0 Å². The van der Waals surface area contributed by atoms with Gasteiger partial charge in [0.2, 0.25) is 5.91 Å². The molecule has 96 valence electrons. The van der Waals surface area contributed by atoms with Crippen LogP contribution in [0.1, 0.15) is 23.2 Å². The molecule has 1 aliphatic rings. The van der Waals surface area contributed by atoms with E-state index >= 15 is 0 Å². The maximum absolute atomic E-state index is 13.2. The Kier molecular flexibility index (Phi) is 3.65. The molecule has 0 radical (unpaired) electrons. The first-order chi connectivity index (χ1) is 8.50. The van der Waals surface area contributed by atoms with E-state index in [1.165, 1.54) is 17.0 Å². The van der Waals surface area contributed by atoms with E-state index in [4.69, 9.17) is 5.73 Å². The molecule has 1 aromatic carbocycles. The van der Waals surface area contributed by atoms with Crippen molar-refractivity contribution in [3.63, 3.8) is 0 Å². The van der Waals surface area contributed by atoms with Crippen molar-refractivity contribution in [1.29, 1.82) is 0 Å². The zero-order valence-electron chi connectivity index (χ0n) is 9.53. The molecular weight excluding hydrogens is 303 g/mol. The largest absolute Gasteiger partial charge is 0.368 e. The molecule has 2 rings (SSSR count). The molecule has 0 aromatic heterocycles. The molecule has 1 aromatic rings. The molecular formula is C12H12BrFN2O2. The Balaban J connectivity index is 2.31. The van der Waals surface area contributed by atoms with Crippen molar-refractivity contribution in [1.82, 2.24) is 4.90 Å². The maximum atomic E-state index is 13.2. The topological polar surface area (TPSA) is 63.4 Å². The van der Waals surface area contributed by atoms with Gasteiger partial charge in [0.25, 0.3) is 5.91 Å². The summed E-state index contributed by atoms with van der Waals surface area (Å²) in [7, 11) is 0. The van der Waals surface area contributed by atoms with Crippen LogP contribution in [-0.4, -0.2) is 29.3 Å². The molecule has 1 saturated heterocycles. The predicted octanol–water partition coefficient (Wildman–Crippen LogP) is 1.68. The number of amides is 2. The summed E-state index contributed by atoms with van der Waals surface area (Å²) in [4.78, 5) is 24.9. The standard InChI is InChI=1S/C12H12BrFN2O2/c13-9-4-3-7(14)6-8(9)12(18)16-5-1-2-10(16)11(15)17/h3-4,6,10H,1-2,5H2,(H2,15,17). The fourth-order valence-electron chi connectivity index (χ4n) is 2.12. The van der Waals surface area contributed by atoms with E-state index in [9.17, 15) is 14.0 Å². The van der Waals surface area contributed by atoms with Gasteiger partial charge in [0.15, 0.2) is 0 Å². The first-order valence-corrected chi connectivity index (χ1v) is 6.35. The molecule has 2 N–H and O–H groups in total.